The molecule has 0 bridgehead atoms. The van der Waals surface area contributed by atoms with Gasteiger partial charge in [0.15, 0.2) is 0 Å². The number of ether oxygens (including phenoxy) is 1. The summed E-state index contributed by atoms with van der Waals surface area (Å²) in [6.45, 7) is 2.20. The molecule has 6 aliphatic rings. The second-order valence-corrected chi connectivity index (χ2v) is 20.3. The summed E-state index contributed by atoms with van der Waals surface area (Å²) < 4.78 is 11.9. The quantitative estimate of drug-likeness (QED) is 0.166. The molecule has 74 heavy (non-hydrogen) atoms. The average molecular weight is 947 g/mol. The molecule has 3 atom stereocenters. The fourth-order valence-electron chi connectivity index (χ4n) is 13.5. The van der Waals surface area contributed by atoms with E-state index in [4.69, 9.17) is 9.15 Å². The standard InChI is InChI=1S/C70H46N2O2/c1-43-48(32-29-45-31-38-57-55-20-8-14-26-64(55)70(66(57)42-45)61-23-11-5-17-52(61)53-18-6-12-24-62(53)70)39-46(40-58(43)68-72-71-67(74-68)47-33-35-49(73-2)36-34-47)28-27-44-30-37-56-54-19-7-13-25-63(54)69(65(56)41-44)59-21-9-3-15-50(59)51-16-4-10-22-60(51)69/h3-26,31,33-44,48H,30H2,1-2H3. The molecular formula is C70H46N2O2. The van der Waals surface area contributed by atoms with Crippen LogP contribution in [0.2, 0.25) is 0 Å². The maximum Gasteiger partial charge on any atom is 0.248 e. The van der Waals surface area contributed by atoms with Gasteiger partial charge in [-0.05, 0) is 138 Å². The Kier molecular flexibility index (Phi) is 9.26. The Morgan fingerprint density at radius 3 is 1.61 bits per heavy atom. The number of benzene rings is 8. The second kappa shape index (κ2) is 16.1. The van der Waals surface area contributed by atoms with E-state index in [0.717, 1.165) is 34.4 Å². The van der Waals surface area contributed by atoms with Gasteiger partial charge in [0.2, 0.25) is 11.8 Å². The van der Waals surface area contributed by atoms with E-state index >= 15 is 0 Å². The van der Waals surface area contributed by atoms with Gasteiger partial charge < -0.3 is 9.15 Å². The SMILES string of the molecule is COc1ccc(-c2nnc(C3=CC(C#CC4C=C5C(=CC4)c4ccccc4C54c5ccccc5-c5ccccc54)=CC(C#Cc4ccc5c(c4)C4(c6ccccc6-c6ccccc64)c4ccccc4-5)C3C)o2)cc1. The lowest BCUT2D eigenvalue weighted by Crippen LogP contribution is -2.27. The summed E-state index contributed by atoms with van der Waals surface area (Å²) in [6.07, 6.45) is 10.1. The summed E-state index contributed by atoms with van der Waals surface area (Å²) in [5, 5.41) is 9.20. The molecule has 1 aromatic heterocycles. The molecule has 0 radical (unpaired) electrons. The van der Waals surface area contributed by atoms with Crippen LogP contribution in [0.25, 0.3) is 56.0 Å². The number of hydrogen-bond donors (Lipinski definition) is 0. The van der Waals surface area contributed by atoms with Gasteiger partial charge in [-0.2, -0.15) is 0 Å². The van der Waals surface area contributed by atoms with Crippen molar-refractivity contribution in [2.75, 3.05) is 7.11 Å². The van der Waals surface area contributed by atoms with E-state index < -0.39 is 10.8 Å². The van der Waals surface area contributed by atoms with Crippen molar-refractivity contribution in [2.24, 2.45) is 17.8 Å². The number of rotatable bonds is 3. The third-order valence-electron chi connectivity index (χ3n) is 16.7. The highest BCUT2D eigenvalue weighted by molar-refractivity contribution is 6.01. The van der Waals surface area contributed by atoms with Gasteiger partial charge in [-0.1, -0.05) is 200 Å². The molecule has 348 valence electrons. The molecule has 4 nitrogen and oxygen atoms in total. The first-order valence-electron chi connectivity index (χ1n) is 25.6. The molecule has 0 fully saturated rings. The number of hydrogen-bond acceptors (Lipinski definition) is 4. The van der Waals surface area contributed by atoms with Crippen molar-refractivity contribution in [2.45, 2.75) is 24.2 Å². The first-order valence-corrected chi connectivity index (χ1v) is 25.6. The summed E-state index contributed by atoms with van der Waals surface area (Å²) in [4.78, 5) is 0. The summed E-state index contributed by atoms with van der Waals surface area (Å²) in [7, 11) is 1.66. The van der Waals surface area contributed by atoms with E-state index in [1.807, 2.05) is 24.3 Å². The van der Waals surface area contributed by atoms with E-state index in [-0.39, 0.29) is 17.8 Å². The largest absolute Gasteiger partial charge is 0.497 e. The van der Waals surface area contributed by atoms with Crippen molar-refractivity contribution < 1.29 is 9.15 Å². The molecule has 0 N–H and O–H groups in total. The lowest BCUT2D eigenvalue weighted by molar-refractivity contribution is 0.415. The summed E-state index contributed by atoms with van der Waals surface area (Å²) in [6, 6.07) is 68.2. The molecule has 8 aromatic carbocycles. The Labute approximate surface area is 431 Å². The summed E-state index contributed by atoms with van der Waals surface area (Å²) in [5.74, 6) is 16.3. The van der Waals surface area contributed by atoms with Crippen LogP contribution in [0.3, 0.4) is 0 Å². The van der Waals surface area contributed by atoms with Gasteiger partial charge in [0, 0.05) is 40.0 Å². The molecule has 6 aliphatic carbocycles. The first-order chi connectivity index (χ1) is 36.5. The van der Waals surface area contributed by atoms with Gasteiger partial charge in [-0.3, -0.25) is 0 Å². The molecule has 4 heteroatoms. The van der Waals surface area contributed by atoms with Gasteiger partial charge in [-0.15, -0.1) is 10.2 Å². The van der Waals surface area contributed by atoms with Crippen molar-refractivity contribution in [1.82, 2.24) is 10.2 Å². The number of allylic oxidation sites excluding steroid dienone is 8. The molecule has 0 aliphatic heterocycles. The zero-order chi connectivity index (χ0) is 49.1. The Hall–Kier alpha value is -9.22. The van der Waals surface area contributed by atoms with Crippen molar-refractivity contribution >= 4 is 11.1 Å². The highest BCUT2D eigenvalue weighted by atomic mass is 16.5. The Balaban J connectivity index is 0.837. The van der Waals surface area contributed by atoms with Crippen LogP contribution in [-0.4, -0.2) is 17.3 Å². The van der Waals surface area contributed by atoms with E-state index in [9.17, 15) is 0 Å². The van der Waals surface area contributed by atoms with Crippen molar-refractivity contribution in [3.63, 3.8) is 0 Å². The van der Waals surface area contributed by atoms with Gasteiger partial charge in [0.05, 0.1) is 17.9 Å². The fraction of sp³-hybridized carbons (Fsp3) is 0.114. The minimum atomic E-state index is -0.442. The molecule has 15 rings (SSSR count). The molecule has 0 amide bonds. The number of methoxy groups -OCH3 is 1. The smallest absolute Gasteiger partial charge is 0.248 e. The van der Waals surface area contributed by atoms with Crippen molar-refractivity contribution in [3.8, 4) is 74.3 Å². The molecule has 9 aromatic rings. The monoisotopic (exact) mass is 946 g/mol. The van der Waals surface area contributed by atoms with Crippen LogP contribution in [0.15, 0.2) is 228 Å². The molecule has 0 saturated heterocycles. The van der Waals surface area contributed by atoms with Crippen molar-refractivity contribution in [3.05, 3.63) is 279 Å². The number of nitrogens with zero attached hydrogens (tertiary/aromatic N) is 2. The van der Waals surface area contributed by atoms with Gasteiger partial charge in [0.1, 0.15) is 5.75 Å². The van der Waals surface area contributed by atoms with Crippen LogP contribution in [0.4, 0.5) is 0 Å². The van der Waals surface area contributed by atoms with E-state index in [0.29, 0.717) is 11.8 Å². The van der Waals surface area contributed by atoms with Crippen LogP contribution in [0, 0.1) is 41.4 Å². The van der Waals surface area contributed by atoms with Crippen LogP contribution in [0.5, 0.6) is 5.75 Å². The normalized spacial score (nSPS) is 18.8. The third kappa shape index (κ3) is 5.89. The topological polar surface area (TPSA) is 48.2 Å². The van der Waals surface area contributed by atoms with Gasteiger partial charge in [-0.25, -0.2) is 0 Å². The average Bonchev–Trinajstić information content (AvgIpc) is 4.41. The minimum Gasteiger partial charge on any atom is -0.497 e. The lowest BCUT2D eigenvalue weighted by atomic mass is 9.69. The van der Waals surface area contributed by atoms with E-state index in [1.165, 1.54) is 89.0 Å². The molecular weight excluding hydrogens is 901 g/mol. The molecule has 1 heterocycles. The summed E-state index contributed by atoms with van der Waals surface area (Å²) in [5.41, 5.74) is 23.6. The van der Waals surface area contributed by atoms with Crippen LogP contribution < -0.4 is 4.74 Å². The molecule has 0 saturated carbocycles. The predicted octanol–water partition coefficient (Wildman–Crippen LogP) is 15.1. The third-order valence-corrected chi connectivity index (χ3v) is 16.7. The van der Waals surface area contributed by atoms with Gasteiger partial charge in [0.25, 0.3) is 0 Å². The Morgan fingerprint density at radius 1 is 0.514 bits per heavy atom. The zero-order valence-electron chi connectivity index (χ0n) is 40.9. The Bertz CT molecular complexity index is 4040. The van der Waals surface area contributed by atoms with E-state index in [2.05, 4.69) is 229 Å². The number of aromatic nitrogens is 2. The summed E-state index contributed by atoms with van der Waals surface area (Å²) >= 11 is 0. The van der Waals surface area contributed by atoms with Crippen LogP contribution >= 0.6 is 0 Å². The van der Waals surface area contributed by atoms with Crippen LogP contribution in [0.1, 0.15) is 69.3 Å². The fourth-order valence-corrected chi connectivity index (χ4v) is 13.5. The molecule has 2 spiro atoms. The Morgan fingerprint density at radius 2 is 1.03 bits per heavy atom. The minimum absolute atomic E-state index is 0.0136. The highest BCUT2D eigenvalue weighted by Crippen LogP contribution is 2.65. The zero-order valence-corrected chi connectivity index (χ0v) is 40.9. The highest BCUT2D eigenvalue weighted by Gasteiger charge is 2.54. The maximum atomic E-state index is 6.52. The van der Waals surface area contributed by atoms with Gasteiger partial charge >= 0.3 is 0 Å². The maximum absolute atomic E-state index is 6.52. The second-order valence-electron chi connectivity index (χ2n) is 20.3. The van der Waals surface area contributed by atoms with Crippen molar-refractivity contribution in [1.29, 1.82) is 0 Å². The lowest BCUT2D eigenvalue weighted by Gasteiger charge is -2.32. The van der Waals surface area contributed by atoms with Crippen LogP contribution in [-0.2, 0) is 10.8 Å². The predicted molar refractivity (Wildman–Crippen MR) is 295 cm³/mol. The first kappa shape index (κ1) is 42.5. The van der Waals surface area contributed by atoms with E-state index in [1.54, 1.807) is 7.11 Å². The number of fused-ring (bicyclic) bond motifs is 20. The molecule has 3 unspecified atom stereocenters.